The summed E-state index contributed by atoms with van der Waals surface area (Å²) >= 11 is 5.81. The average molecular weight is 297 g/mol. The minimum Gasteiger partial charge on any atom is -0.449 e. The van der Waals surface area contributed by atoms with Crippen LogP contribution in [-0.4, -0.2) is 29.0 Å². The molecule has 108 valence electrons. The van der Waals surface area contributed by atoms with Crippen molar-refractivity contribution in [2.75, 3.05) is 0 Å². The summed E-state index contributed by atoms with van der Waals surface area (Å²) in [6.07, 6.45) is 4.87. The van der Waals surface area contributed by atoms with Crippen LogP contribution in [0.3, 0.4) is 0 Å². The van der Waals surface area contributed by atoms with Gasteiger partial charge in [-0.15, -0.1) is 0 Å². The van der Waals surface area contributed by atoms with Crippen molar-refractivity contribution in [1.82, 2.24) is 10.3 Å². The minimum absolute atomic E-state index is 0.0703. The van der Waals surface area contributed by atoms with Crippen molar-refractivity contribution in [2.24, 2.45) is 0 Å². The predicted octanol–water partition coefficient (Wildman–Crippen LogP) is 2.34. The molecule has 1 atom stereocenters. The first-order valence-corrected chi connectivity index (χ1v) is 7.07. The summed E-state index contributed by atoms with van der Waals surface area (Å²) in [6, 6.07) is 3.30. The van der Waals surface area contributed by atoms with Gasteiger partial charge in [0.05, 0.1) is 5.56 Å². The monoisotopic (exact) mass is 296 g/mol. The van der Waals surface area contributed by atoms with Crippen molar-refractivity contribution in [2.45, 2.75) is 44.8 Å². The minimum atomic E-state index is -0.848. The summed E-state index contributed by atoms with van der Waals surface area (Å²) in [4.78, 5) is 27.6. The first kappa shape index (κ1) is 14.8. The number of amides is 1. The molecule has 1 aliphatic rings. The van der Waals surface area contributed by atoms with Crippen LogP contribution in [0.25, 0.3) is 0 Å². The lowest BCUT2D eigenvalue weighted by atomic mass is 10.2. The smallest absolute Gasteiger partial charge is 0.342 e. The Kier molecular flexibility index (Phi) is 4.95. The van der Waals surface area contributed by atoms with E-state index in [4.69, 9.17) is 16.3 Å². The molecule has 1 fully saturated rings. The Morgan fingerprint density at radius 3 is 2.80 bits per heavy atom. The third-order valence-electron chi connectivity index (χ3n) is 3.33. The molecule has 0 spiro atoms. The second-order valence-electron chi connectivity index (χ2n) is 4.88. The highest BCUT2D eigenvalue weighted by Gasteiger charge is 2.24. The molecule has 0 aliphatic heterocycles. The number of rotatable bonds is 4. The van der Waals surface area contributed by atoms with E-state index >= 15 is 0 Å². The number of hydrogen-bond acceptors (Lipinski definition) is 4. The SMILES string of the molecule is CC(OC(=O)c1cccnc1Cl)C(=O)NC1CCCC1. The van der Waals surface area contributed by atoms with Crippen LogP contribution in [-0.2, 0) is 9.53 Å². The van der Waals surface area contributed by atoms with E-state index in [1.165, 1.54) is 12.3 Å². The van der Waals surface area contributed by atoms with Crippen molar-refractivity contribution in [3.05, 3.63) is 29.0 Å². The maximum atomic E-state index is 11.9. The van der Waals surface area contributed by atoms with Gasteiger partial charge >= 0.3 is 5.97 Å². The van der Waals surface area contributed by atoms with E-state index in [1.54, 1.807) is 13.0 Å². The molecule has 1 aromatic heterocycles. The van der Waals surface area contributed by atoms with Crippen molar-refractivity contribution in [3.63, 3.8) is 0 Å². The van der Waals surface area contributed by atoms with Gasteiger partial charge in [-0.25, -0.2) is 9.78 Å². The highest BCUT2D eigenvalue weighted by atomic mass is 35.5. The molecule has 1 unspecified atom stereocenters. The zero-order valence-electron chi connectivity index (χ0n) is 11.3. The molecule has 0 aromatic carbocycles. The quantitative estimate of drug-likeness (QED) is 0.684. The first-order chi connectivity index (χ1) is 9.58. The van der Waals surface area contributed by atoms with Crippen LogP contribution in [0.2, 0.25) is 5.15 Å². The molecular formula is C14H17ClN2O3. The Balaban J connectivity index is 1.90. The Bertz CT molecular complexity index is 501. The van der Waals surface area contributed by atoms with Crippen LogP contribution in [0, 0.1) is 0 Å². The summed E-state index contributed by atoms with van der Waals surface area (Å²) < 4.78 is 5.11. The second kappa shape index (κ2) is 6.70. The van der Waals surface area contributed by atoms with Crippen molar-refractivity contribution < 1.29 is 14.3 Å². The molecule has 2 rings (SSSR count). The zero-order chi connectivity index (χ0) is 14.5. The molecule has 0 bridgehead atoms. The van der Waals surface area contributed by atoms with Gasteiger partial charge < -0.3 is 10.1 Å². The summed E-state index contributed by atoms with van der Waals surface area (Å²) in [5.41, 5.74) is 0.162. The molecule has 5 nitrogen and oxygen atoms in total. The highest BCUT2D eigenvalue weighted by molar-refractivity contribution is 6.32. The van der Waals surface area contributed by atoms with Crippen molar-refractivity contribution in [3.8, 4) is 0 Å². The topological polar surface area (TPSA) is 68.3 Å². The lowest BCUT2D eigenvalue weighted by Gasteiger charge is -2.17. The van der Waals surface area contributed by atoms with E-state index in [-0.39, 0.29) is 22.7 Å². The normalized spacial score (nSPS) is 16.7. The molecule has 20 heavy (non-hydrogen) atoms. The number of carbonyl (C=O) groups is 2. The molecule has 1 heterocycles. The van der Waals surface area contributed by atoms with Gasteiger partial charge in [0.25, 0.3) is 5.91 Å². The fraction of sp³-hybridized carbons (Fsp3) is 0.500. The third kappa shape index (κ3) is 3.70. The Morgan fingerprint density at radius 1 is 1.45 bits per heavy atom. The number of esters is 1. The summed E-state index contributed by atoms with van der Waals surface area (Å²) in [5.74, 6) is -0.914. The van der Waals surface area contributed by atoms with Gasteiger partial charge in [0.2, 0.25) is 0 Å². The zero-order valence-corrected chi connectivity index (χ0v) is 12.0. The molecule has 1 N–H and O–H groups in total. The first-order valence-electron chi connectivity index (χ1n) is 6.70. The lowest BCUT2D eigenvalue weighted by molar-refractivity contribution is -0.129. The number of pyridine rings is 1. The number of carbonyl (C=O) groups excluding carboxylic acids is 2. The van der Waals surface area contributed by atoms with E-state index in [9.17, 15) is 9.59 Å². The summed E-state index contributed by atoms with van der Waals surface area (Å²) in [6.45, 7) is 1.55. The average Bonchev–Trinajstić information content (AvgIpc) is 2.91. The van der Waals surface area contributed by atoms with Crippen LogP contribution >= 0.6 is 11.6 Å². The van der Waals surface area contributed by atoms with Crippen molar-refractivity contribution in [1.29, 1.82) is 0 Å². The summed E-state index contributed by atoms with van der Waals surface area (Å²) in [7, 11) is 0. The number of ether oxygens (including phenoxy) is 1. The Morgan fingerprint density at radius 2 is 2.15 bits per heavy atom. The number of nitrogens with zero attached hydrogens (tertiary/aromatic N) is 1. The van der Waals surface area contributed by atoms with E-state index in [2.05, 4.69) is 10.3 Å². The van der Waals surface area contributed by atoms with Crippen LogP contribution in [0.5, 0.6) is 0 Å². The van der Waals surface area contributed by atoms with E-state index < -0.39 is 12.1 Å². The van der Waals surface area contributed by atoms with E-state index in [1.807, 2.05) is 0 Å². The Hall–Kier alpha value is -1.62. The fourth-order valence-electron chi connectivity index (χ4n) is 2.20. The van der Waals surface area contributed by atoms with Gasteiger partial charge in [-0.2, -0.15) is 0 Å². The van der Waals surface area contributed by atoms with Crippen molar-refractivity contribution >= 4 is 23.5 Å². The third-order valence-corrected chi connectivity index (χ3v) is 3.63. The second-order valence-corrected chi connectivity index (χ2v) is 5.24. The number of aromatic nitrogens is 1. The lowest BCUT2D eigenvalue weighted by Crippen LogP contribution is -2.40. The van der Waals surface area contributed by atoms with Gasteiger partial charge in [0.15, 0.2) is 6.10 Å². The fourth-order valence-corrected chi connectivity index (χ4v) is 2.40. The van der Waals surface area contributed by atoms with Crippen LogP contribution in [0.1, 0.15) is 43.0 Å². The van der Waals surface area contributed by atoms with Gasteiger partial charge in [-0.3, -0.25) is 4.79 Å². The molecule has 1 saturated carbocycles. The number of hydrogen-bond donors (Lipinski definition) is 1. The largest absolute Gasteiger partial charge is 0.449 e. The van der Waals surface area contributed by atoms with Gasteiger partial charge in [0, 0.05) is 12.2 Å². The molecule has 0 saturated heterocycles. The maximum Gasteiger partial charge on any atom is 0.342 e. The van der Waals surface area contributed by atoms with E-state index in [0.717, 1.165) is 25.7 Å². The predicted molar refractivity (Wildman–Crippen MR) is 74.5 cm³/mol. The van der Waals surface area contributed by atoms with E-state index in [0.29, 0.717) is 0 Å². The molecule has 1 aliphatic carbocycles. The molecule has 6 heteroatoms. The molecule has 0 radical (unpaired) electrons. The Labute approximate surface area is 122 Å². The van der Waals surface area contributed by atoms with Gasteiger partial charge in [-0.05, 0) is 31.9 Å². The summed E-state index contributed by atoms with van der Waals surface area (Å²) in [5, 5.41) is 2.96. The van der Waals surface area contributed by atoms with Crippen LogP contribution in [0.4, 0.5) is 0 Å². The number of nitrogens with one attached hydrogen (secondary N) is 1. The van der Waals surface area contributed by atoms with Gasteiger partial charge in [-0.1, -0.05) is 24.4 Å². The van der Waals surface area contributed by atoms with Crippen LogP contribution in [0.15, 0.2) is 18.3 Å². The molecular weight excluding hydrogens is 280 g/mol. The maximum absolute atomic E-state index is 11.9. The highest BCUT2D eigenvalue weighted by Crippen LogP contribution is 2.18. The molecule has 1 aromatic rings. The van der Waals surface area contributed by atoms with Crippen LogP contribution < -0.4 is 5.32 Å². The standard InChI is InChI=1S/C14H17ClN2O3/c1-9(13(18)17-10-5-2-3-6-10)20-14(19)11-7-4-8-16-12(11)15/h4,7-10H,2-3,5-6H2,1H3,(H,17,18). The molecule has 1 amide bonds. The van der Waals surface area contributed by atoms with Gasteiger partial charge in [0.1, 0.15) is 5.15 Å². The number of halogens is 1.